The van der Waals surface area contributed by atoms with Crippen molar-refractivity contribution in [3.63, 3.8) is 0 Å². The summed E-state index contributed by atoms with van der Waals surface area (Å²) in [5, 5.41) is 13.2. The number of hydrogen-bond donors (Lipinski definition) is 3. The first-order chi connectivity index (χ1) is 17.5. The van der Waals surface area contributed by atoms with Gasteiger partial charge < -0.3 is 20.1 Å². The van der Waals surface area contributed by atoms with E-state index in [1.165, 1.54) is 11.9 Å². The molecular weight excluding hydrogens is 459 g/mol. The maximum absolute atomic E-state index is 12.6. The van der Waals surface area contributed by atoms with E-state index in [1.807, 2.05) is 36.4 Å². The molecule has 3 aromatic rings. The van der Waals surface area contributed by atoms with E-state index in [9.17, 15) is 14.3 Å². The molecule has 1 aromatic heterocycles. The fraction of sp³-hybridized carbons (Fsp3) is 0.357. The molecule has 0 spiro atoms. The molecule has 0 fully saturated rings. The van der Waals surface area contributed by atoms with Gasteiger partial charge in [0.15, 0.2) is 0 Å². The molecule has 0 saturated carbocycles. The number of hydrogen-bond acceptors (Lipinski definition) is 6. The molecule has 0 bridgehead atoms. The monoisotopic (exact) mass is 492 g/mol. The van der Waals surface area contributed by atoms with E-state index in [0.29, 0.717) is 25.3 Å². The number of halogens is 1. The fourth-order valence-corrected chi connectivity index (χ4v) is 3.80. The van der Waals surface area contributed by atoms with Gasteiger partial charge in [-0.15, -0.1) is 0 Å². The smallest absolute Gasteiger partial charge is 0.293 e. The summed E-state index contributed by atoms with van der Waals surface area (Å²) >= 11 is 0. The Morgan fingerprint density at radius 2 is 1.75 bits per heavy atom. The van der Waals surface area contributed by atoms with Crippen LogP contribution in [0.2, 0.25) is 0 Å². The number of benzene rings is 2. The lowest BCUT2D eigenvalue weighted by Crippen LogP contribution is -2.26. The van der Waals surface area contributed by atoms with Crippen molar-refractivity contribution in [3.8, 4) is 17.6 Å². The summed E-state index contributed by atoms with van der Waals surface area (Å²) in [5.41, 5.74) is 3.74. The van der Waals surface area contributed by atoms with E-state index in [1.54, 1.807) is 7.11 Å². The lowest BCUT2D eigenvalue weighted by Gasteiger charge is -2.17. The van der Waals surface area contributed by atoms with Crippen molar-refractivity contribution in [2.75, 3.05) is 47.1 Å². The number of aromatic hydroxyl groups is 1. The molecule has 0 saturated heterocycles. The highest BCUT2D eigenvalue weighted by Gasteiger charge is 2.19. The maximum atomic E-state index is 12.6. The number of nitrogens with zero attached hydrogens (tertiary/aromatic N) is 2. The van der Waals surface area contributed by atoms with Crippen molar-refractivity contribution in [1.29, 1.82) is 0 Å². The first kappa shape index (κ1) is 27.1. The molecule has 36 heavy (non-hydrogen) atoms. The number of aromatic nitrogens is 2. The van der Waals surface area contributed by atoms with Gasteiger partial charge in [-0.2, -0.15) is 0 Å². The predicted molar refractivity (Wildman–Crippen MR) is 139 cm³/mol. The Balaban J connectivity index is 1.65. The fourth-order valence-electron chi connectivity index (χ4n) is 3.80. The first-order valence-electron chi connectivity index (χ1n) is 11.9. The average Bonchev–Trinajstić information content (AvgIpc) is 2.89. The van der Waals surface area contributed by atoms with Crippen LogP contribution in [0.5, 0.6) is 5.75 Å². The highest BCUT2D eigenvalue weighted by molar-refractivity contribution is 5.44. The molecule has 0 aliphatic rings. The number of methoxy groups -OCH3 is 1. The van der Waals surface area contributed by atoms with Gasteiger partial charge in [-0.05, 0) is 48.9 Å². The van der Waals surface area contributed by atoms with Crippen molar-refractivity contribution in [2.45, 2.75) is 18.9 Å². The van der Waals surface area contributed by atoms with Gasteiger partial charge in [-0.3, -0.25) is 9.69 Å². The maximum Gasteiger partial charge on any atom is 0.293 e. The highest BCUT2D eigenvalue weighted by atomic mass is 19.1. The molecule has 0 aliphatic carbocycles. The van der Waals surface area contributed by atoms with Gasteiger partial charge in [0.2, 0.25) is 5.75 Å². The van der Waals surface area contributed by atoms with Crippen LogP contribution >= 0.6 is 0 Å². The SMILES string of the molecule is COCCN(C)Cc1ccc(C#Cc2ccc(CC(CNCCF)c3nc[nH]c(=O)c3O)cc2)cc1. The zero-order valence-corrected chi connectivity index (χ0v) is 20.8. The summed E-state index contributed by atoms with van der Waals surface area (Å²) in [5.74, 6) is 5.70. The van der Waals surface area contributed by atoms with E-state index >= 15 is 0 Å². The zero-order valence-electron chi connectivity index (χ0n) is 20.8. The number of rotatable bonds is 12. The quantitative estimate of drug-likeness (QED) is 0.266. The van der Waals surface area contributed by atoms with Gasteiger partial charge in [0.25, 0.3) is 5.56 Å². The van der Waals surface area contributed by atoms with Gasteiger partial charge in [0, 0.05) is 50.3 Å². The number of H-pyrrole nitrogens is 1. The van der Waals surface area contributed by atoms with Crippen molar-refractivity contribution in [3.05, 3.63) is 93.2 Å². The number of nitrogens with one attached hydrogen (secondary N) is 2. The van der Waals surface area contributed by atoms with Crippen LogP contribution in [0.15, 0.2) is 59.7 Å². The van der Waals surface area contributed by atoms with Crippen molar-refractivity contribution in [1.82, 2.24) is 20.2 Å². The second-order valence-electron chi connectivity index (χ2n) is 8.63. The number of alkyl halides is 1. The van der Waals surface area contributed by atoms with Crippen molar-refractivity contribution in [2.24, 2.45) is 0 Å². The Morgan fingerprint density at radius 1 is 1.11 bits per heavy atom. The Bertz CT molecular complexity index is 1200. The largest absolute Gasteiger partial charge is 0.502 e. The lowest BCUT2D eigenvalue weighted by atomic mass is 9.94. The van der Waals surface area contributed by atoms with Crippen LogP contribution in [0.3, 0.4) is 0 Å². The second-order valence-corrected chi connectivity index (χ2v) is 8.63. The minimum atomic E-state index is -0.591. The molecular formula is C28H33FN4O3. The Morgan fingerprint density at radius 3 is 2.36 bits per heavy atom. The highest BCUT2D eigenvalue weighted by Crippen LogP contribution is 2.23. The van der Waals surface area contributed by atoms with Crippen LogP contribution in [-0.2, 0) is 17.7 Å². The zero-order chi connectivity index (χ0) is 25.8. The Kier molecular flexibility index (Phi) is 10.6. The minimum Gasteiger partial charge on any atom is -0.502 e. The summed E-state index contributed by atoms with van der Waals surface area (Å²) in [6, 6.07) is 16.0. The van der Waals surface area contributed by atoms with E-state index in [-0.39, 0.29) is 12.5 Å². The number of ether oxygens (including phenoxy) is 1. The van der Waals surface area contributed by atoms with Crippen molar-refractivity contribution >= 4 is 0 Å². The molecule has 8 heteroatoms. The van der Waals surface area contributed by atoms with Crippen LogP contribution in [0.4, 0.5) is 4.39 Å². The number of likely N-dealkylation sites (N-methyl/N-ethyl adjacent to an activating group) is 1. The van der Waals surface area contributed by atoms with Gasteiger partial charge in [-0.25, -0.2) is 9.37 Å². The van der Waals surface area contributed by atoms with Crippen LogP contribution in [0.25, 0.3) is 0 Å². The van der Waals surface area contributed by atoms with Gasteiger partial charge in [0.1, 0.15) is 6.67 Å². The summed E-state index contributed by atoms with van der Waals surface area (Å²) < 4.78 is 17.7. The summed E-state index contributed by atoms with van der Waals surface area (Å²) in [6.45, 7) is 2.52. The lowest BCUT2D eigenvalue weighted by molar-refractivity contribution is 0.158. The van der Waals surface area contributed by atoms with E-state index in [0.717, 1.165) is 29.8 Å². The predicted octanol–water partition coefficient (Wildman–Crippen LogP) is 2.84. The topological polar surface area (TPSA) is 90.5 Å². The standard InChI is InChI=1S/C28H33FN4O3/c1-33(15-16-36-2)19-24-11-7-22(8-12-24)4-3-21-5-9-23(10-6-21)17-25(18-30-14-13-29)26-27(34)28(35)32-20-31-26/h5-12,20,25,30,34H,13-19H2,1-2H3,(H,31,32,35). The Labute approximate surface area is 211 Å². The molecule has 3 rings (SSSR count). The number of aromatic amines is 1. The second kappa shape index (κ2) is 14.1. The molecule has 0 amide bonds. The molecule has 1 heterocycles. The van der Waals surface area contributed by atoms with Gasteiger partial charge in [0.05, 0.1) is 18.6 Å². The van der Waals surface area contributed by atoms with E-state index in [4.69, 9.17) is 4.74 Å². The third-order valence-electron chi connectivity index (χ3n) is 5.78. The van der Waals surface area contributed by atoms with Crippen molar-refractivity contribution < 1.29 is 14.2 Å². The normalized spacial score (nSPS) is 11.8. The Hall–Kier alpha value is -3.51. The molecule has 1 unspecified atom stereocenters. The van der Waals surface area contributed by atoms with E-state index < -0.39 is 18.0 Å². The third-order valence-corrected chi connectivity index (χ3v) is 5.78. The molecule has 7 nitrogen and oxygen atoms in total. The van der Waals surface area contributed by atoms with Crippen LogP contribution < -0.4 is 10.9 Å². The summed E-state index contributed by atoms with van der Waals surface area (Å²) in [6.07, 6.45) is 1.79. The van der Waals surface area contributed by atoms with E-state index in [2.05, 4.69) is 51.2 Å². The van der Waals surface area contributed by atoms with Crippen LogP contribution in [-0.4, -0.2) is 67.0 Å². The summed E-state index contributed by atoms with van der Waals surface area (Å²) in [7, 11) is 3.77. The molecule has 0 radical (unpaired) electrons. The average molecular weight is 493 g/mol. The van der Waals surface area contributed by atoms with Crippen LogP contribution in [0, 0.1) is 11.8 Å². The molecule has 1 atom stereocenters. The summed E-state index contributed by atoms with van der Waals surface area (Å²) in [4.78, 5) is 20.5. The third kappa shape index (κ3) is 8.31. The first-order valence-corrected chi connectivity index (χ1v) is 11.9. The molecule has 2 aromatic carbocycles. The van der Waals surface area contributed by atoms with Gasteiger partial charge >= 0.3 is 0 Å². The molecule has 0 aliphatic heterocycles. The molecule has 3 N–H and O–H groups in total. The van der Waals surface area contributed by atoms with Crippen LogP contribution in [0.1, 0.15) is 33.9 Å². The minimum absolute atomic E-state index is 0.195. The molecule has 190 valence electrons. The van der Waals surface area contributed by atoms with Gasteiger partial charge in [-0.1, -0.05) is 36.1 Å².